The van der Waals surface area contributed by atoms with Gasteiger partial charge >= 0.3 is 0 Å². The standard InChI is InChI=1S/C17H24O/c1-3-17(2,15-12-8-5-9-13-15)16(18)14-10-6-4-7-11-14/h5,8-9,12-14H,3-4,6-7,10-11H2,1-2H3. The van der Waals surface area contributed by atoms with Gasteiger partial charge in [-0.25, -0.2) is 0 Å². The minimum atomic E-state index is -0.288. The molecule has 1 nitrogen and oxygen atoms in total. The molecule has 1 unspecified atom stereocenters. The molecule has 1 saturated carbocycles. The number of carbonyl (C=O) groups excluding carboxylic acids is 1. The molecule has 1 heteroatoms. The summed E-state index contributed by atoms with van der Waals surface area (Å²) in [7, 11) is 0. The quantitative estimate of drug-likeness (QED) is 0.762. The molecule has 0 spiro atoms. The van der Waals surface area contributed by atoms with Gasteiger partial charge in [-0.05, 0) is 31.7 Å². The van der Waals surface area contributed by atoms with Crippen molar-refractivity contribution in [2.75, 3.05) is 0 Å². The fourth-order valence-corrected chi connectivity index (χ4v) is 3.14. The van der Waals surface area contributed by atoms with Crippen LogP contribution in [0.4, 0.5) is 0 Å². The number of hydrogen-bond donors (Lipinski definition) is 0. The van der Waals surface area contributed by atoms with E-state index in [2.05, 4.69) is 26.0 Å². The van der Waals surface area contributed by atoms with Crippen LogP contribution in [0.2, 0.25) is 0 Å². The summed E-state index contributed by atoms with van der Waals surface area (Å²) in [6.07, 6.45) is 6.85. The highest BCUT2D eigenvalue weighted by molar-refractivity contribution is 5.91. The average Bonchev–Trinajstić information content (AvgIpc) is 2.47. The third-order valence-corrected chi connectivity index (χ3v) is 4.64. The maximum absolute atomic E-state index is 12.9. The minimum absolute atomic E-state index is 0.288. The molecule has 1 aliphatic rings. The molecule has 98 valence electrons. The van der Waals surface area contributed by atoms with E-state index in [1.54, 1.807) is 0 Å². The van der Waals surface area contributed by atoms with E-state index in [0.717, 1.165) is 19.3 Å². The highest BCUT2D eigenvalue weighted by Gasteiger charge is 2.37. The van der Waals surface area contributed by atoms with Gasteiger partial charge in [0.1, 0.15) is 5.78 Å². The van der Waals surface area contributed by atoms with Gasteiger partial charge in [0.25, 0.3) is 0 Å². The van der Waals surface area contributed by atoms with Crippen LogP contribution >= 0.6 is 0 Å². The number of hydrogen-bond acceptors (Lipinski definition) is 1. The molecule has 0 aliphatic heterocycles. The van der Waals surface area contributed by atoms with Crippen molar-refractivity contribution in [2.45, 2.75) is 57.8 Å². The van der Waals surface area contributed by atoms with E-state index in [9.17, 15) is 4.79 Å². The van der Waals surface area contributed by atoms with Gasteiger partial charge in [-0.15, -0.1) is 0 Å². The summed E-state index contributed by atoms with van der Waals surface area (Å²) in [5, 5.41) is 0. The smallest absolute Gasteiger partial charge is 0.146 e. The lowest BCUT2D eigenvalue weighted by Gasteiger charge is -2.33. The molecule has 1 fully saturated rings. The van der Waals surface area contributed by atoms with E-state index in [0.29, 0.717) is 11.7 Å². The first kappa shape index (κ1) is 13.3. The van der Waals surface area contributed by atoms with Crippen LogP contribution in [0.25, 0.3) is 0 Å². The van der Waals surface area contributed by atoms with Crippen molar-refractivity contribution in [3.63, 3.8) is 0 Å². The molecular weight excluding hydrogens is 220 g/mol. The first-order chi connectivity index (χ1) is 8.68. The zero-order chi connectivity index (χ0) is 13.0. The highest BCUT2D eigenvalue weighted by atomic mass is 16.1. The molecule has 0 amide bonds. The number of benzene rings is 1. The summed E-state index contributed by atoms with van der Waals surface area (Å²) >= 11 is 0. The molecule has 2 rings (SSSR count). The van der Waals surface area contributed by atoms with Crippen LogP contribution in [-0.2, 0) is 10.2 Å². The van der Waals surface area contributed by atoms with Crippen LogP contribution in [0.1, 0.15) is 57.9 Å². The van der Waals surface area contributed by atoms with Gasteiger partial charge in [-0.1, -0.05) is 56.5 Å². The van der Waals surface area contributed by atoms with E-state index < -0.39 is 0 Å². The average molecular weight is 244 g/mol. The molecule has 1 aromatic rings. The Morgan fingerprint density at radius 1 is 1.17 bits per heavy atom. The minimum Gasteiger partial charge on any atom is -0.298 e. The molecule has 0 aromatic heterocycles. The van der Waals surface area contributed by atoms with E-state index in [-0.39, 0.29) is 5.41 Å². The molecule has 1 aromatic carbocycles. The fourth-order valence-electron chi connectivity index (χ4n) is 3.14. The molecule has 0 radical (unpaired) electrons. The van der Waals surface area contributed by atoms with E-state index in [4.69, 9.17) is 0 Å². The summed E-state index contributed by atoms with van der Waals surface area (Å²) in [5.41, 5.74) is 0.895. The second-order valence-corrected chi connectivity index (χ2v) is 5.75. The Bertz CT molecular complexity index is 389. The van der Waals surface area contributed by atoms with Crippen LogP contribution in [-0.4, -0.2) is 5.78 Å². The lowest BCUT2D eigenvalue weighted by Crippen LogP contribution is -2.37. The van der Waals surface area contributed by atoms with Crippen molar-refractivity contribution in [1.82, 2.24) is 0 Å². The van der Waals surface area contributed by atoms with Gasteiger partial charge in [0.15, 0.2) is 0 Å². The second-order valence-electron chi connectivity index (χ2n) is 5.75. The normalized spacial score (nSPS) is 20.3. The lowest BCUT2D eigenvalue weighted by molar-refractivity contribution is -0.129. The first-order valence-electron chi connectivity index (χ1n) is 7.28. The van der Waals surface area contributed by atoms with E-state index in [1.165, 1.54) is 24.8 Å². The summed E-state index contributed by atoms with van der Waals surface area (Å²) < 4.78 is 0. The largest absolute Gasteiger partial charge is 0.298 e. The van der Waals surface area contributed by atoms with Crippen molar-refractivity contribution < 1.29 is 4.79 Å². The summed E-state index contributed by atoms with van der Waals surface area (Å²) in [6.45, 7) is 4.26. The maximum Gasteiger partial charge on any atom is 0.146 e. The Hall–Kier alpha value is -1.11. The van der Waals surface area contributed by atoms with Crippen molar-refractivity contribution in [2.24, 2.45) is 5.92 Å². The summed E-state index contributed by atoms with van der Waals surface area (Å²) in [5.74, 6) is 0.764. The van der Waals surface area contributed by atoms with Crippen LogP contribution in [0.15, 0.2) is 30.3 Å². The number of Topliss-reactive ketones (excluding diaryl/α,β-unsaturated/α-hetero) is 1. The molecule has 1 atom stereocenters. The number of carbonyl (C=O) groups is 1. The predicted molar refractivity (Wildman–Crippen MR) is 75.7 cm³/mol. The van der Waals surface area contributed by atoms with Gasteiger partial charge < -0.3 is 0 Å². The summed E-state index contributed by atoms with van der Waals surface area (Å²) in [6, 6.07) is 10.3. The molecular formula is C17H24O. The number of ketones is 1. The van der Waals surface area contributed by atoms with Crippen LogP contribution in [0, 0.1) is 5.92 Å². The van der Waals surface area contributed by atoms with Crippen molar-refractivity contribution >= 4 is 5.78 Å². The SMILES string of the molecule is CCC(C)(C(=O)C1CCCCC1)c1ccccc1. The maximum atomic E-state index is 12.9. The summed E-state index contributed by atoms with van der Waals surface area (Å²) in [4.78, 5) is 12.9. The number of rotatable bonds is 4. The van der Waals surface area contributed by atoms with Gasteiger partial charge in [0.2, 0.25) is 0 Å². The molecule has 0 N–H and O–H groups in total. The predicted octanol–water partition coefficient (Wildman–Crippen LogP) is 4.50. The third-order valence-electron chi connectivity index (χ3n) is 4.64. The zero-order valence-electron chi connectivity index (χ0n) is 11.6. The molecule has 0 bridgehead atoms. The van der Waals surface area contributed by atoms with Crippen molar-refractivity contribution in [3.8, 4) is 0 Å². The molecule has 0 heterocycles. The second kappa shape index (κ2) is 5.69. The first-order valence-corrected chi connectivity index (χ1v) is 7.28. The third kappa shape index (κ3) is 2.50. The Labute approximate surface area is 111 Å². The Kier molecular flexibility index (Phi) is 4.21. The fraction of sp³-hybridized carbons (Fsp3) is 0.588. The molecule has 0 saturated heterocycles. The van der Waals surface area contributed by atoms with Gasteiger partial charge in [0, 0.05) is 5.92 Å². The Morgan fingerprint density at radius 2 is 1.78 bits per heavy atom. The molecule has 1 aliphatic carbocycles. The topological polar surface area (TPSA) is 17.1 Å². The van der Waals surface area contributed by atoms with Crippen molar-refractivity contribution in [3.05, 3.63) is 35.9 Å². The van der Waals surface area contributed by atoms with Crippen LogP contribution in [0.3, 0.4) is 0 Å². The van der Waals surface area contributed by atoms with Gasteiger partial charge in [-0.3, -0.25) is 4.79 Å². The highest BCUT2D eigenvalue weighted by Crippen LogP contribution is 2.36. The zero-order valence-corrected chi connectivity index (χ0v) is 11.6. The van der Waals surface area contributed by atoms with Gasteiger partial charge in [-0.2, -0.15) is 0 Å². The Morgan fingerprint density at radius 3 is 2.33 bits per heavy atom. The monoisotopic (exact) mass is 244 g/mol. The van der Waals surface area contributed by atoms with E-state index >= 15 is 0 Å². The van der Waals surface area contributed by atoms with Crippen LogP contribution < -0.4 is 0 Å². The van der Waals surface area contributed by atoms with E-state index in [1.807, 2.05) is 18.2 Å². The Balaban J connectivity index is 2.23. The van der Waals surface area contributed by atoms with Gasteiger partial charge in [0.05, 0.1) is 5.41 Å². The van der Waals surface area contributed by atoms with Crippen molar-refractivity contribution in [1.29, 1.82) is 0 Å². The molecule has 18 heavy (non-hydrogen) atoms. The van der Waals surface area contributed by atoms with Crippen LogP contribution in [0.5, 0.6) is 0 Å². The lowest BCUT2D eigenvalue weighted by atomic mass is 9.69.